The van der Waals surface area contributed by atoms with Crippen LogP contribution in [0.5, 0.6) is 11.5 Å². The van der Waals surface area contributed by atoms with E-state index in [2.05, 4.69) is 5.32 Å². The van der Waals surface area contributed by atoms with Crippen molar-refractivity contribution in [1.82, 2.24) is 5.32 Å². The van der Waals surface area contributed by atoms with E-state index in [1.165, 1.54) is 5.56 Å². The van der Waals surface area contributed by atoms with E-state index in [-0.39, 0.29) is 11.3 Å². The molecule has 1 aromatic carbocycles. The van der Waals surface area contributed by atoms with Crippen molar-refractivity contribution >= 4 is 0 Å². The lowest BCUT2D eigenvalue weighted by Gasteiger charge is -2.15. The highest BCUT2D eigenvalue weighted by atomic mass is 16.5. The molecule has 3 heteroatoms. The van der Waals surface area contributed by atoms with Crippen molar-refractivity contribution in [2.45, 2.75) is 18.4 Å². The first-order chi connectivity index (χ1) is 6.72. The van der Waals surface area contributed by atoms with E-state index in [4.69, 9.17) is 4.74 Å². The molecule has 14 heavy (non-hydrogen) atoms. The van der Waals surface area contributed by atoms with Gasteiger partial charge in [0, 0.05) is 5.54 Å². The SMILES string of the molecule is CNC1(c2ccc(O)c(OC)c2)CC1. The Morgan fingerprint density at radius 2 is 2.14 bits per heavy atom. The van der Waals surface area contributed by atoms with Gasteiger partial charge in [0.05, 0.1) is 7.11 Å². The Labute approximate surface area is 83.7 Å². The average molecular weight is 193 g/mol. The van der Waals surface area contributed by atoms with Crippen LogP contribution in [0, 0.1) is 0 Å². The van der Waals surface area contributed by atoms with Crippen LogP contribution in [-0.2, 0) is 5.54 Å². The summed E-state index contributed by atoms with van der Waals surface area (Å²) in [5, 5.41) is 12.8. The minimum absolute atomic E-state index is 0.126. The molecule has 2 rings (SSSR count). The maximum atomic E-state index is 9.45. The molecule has 0 bridgehead atoms. The van der Waals surface area contributed by atoms with Crippen molar-refractivity contribution in [3.8, 4) is 11.5 Å². The van der Waals surface area contributed by atoms with Crippen molar-refractivity contribution in [2.24, 2.45) is 0 Å². The van der Waals surface area contributed by atoms with E-state index < -0.39 is 0 Å². The second-order valence-electron chi connectivity index (χ2n) is 3.72. The maximum absolute atomic E-state index is 9.45. The number of hydrogen-bond donors (Lipinski definition) is 2. The Morgan fingerprint density at radius 1 is 1.43 bits per heavy atom. The number of methoxy groups -OCH3 is 1. The van der Waals surface area contributed by atoms with Gasteiger partial charge in [0.2, 0.25) is 0 Å². The zero-order valence-corrected chi connectivity index (χ0v) is 8.50. The third-order valence-electron chi connectivity index (χ3n) is 2.96. The summed E-state index contributed by atoms with van der Waals surface area (Å²) in [5.74, 6) is 0.743. The number of ether oxygens (including phenoxy) is 1. The molecular formula is C11H15NO2. The summed E-state index contributed by atoms with van der Waals surface area (Å²) in [7, 11) is 3.53. The molecule has 0 heterocycles. The van der Waals surface area contributed by atoms with Crippen molar-refractivity contribution < 1.29 is 9.84 Å². The molecular weight excluding hydrogens is 178 g/mol. The minimum atomic E-state index is 0.126. The summed E-state index contributed by atoms with van der Waals surface area (Å²) >= 11 is 0. The Balaban J connectivity index is 2.36. The average Bonchev–Trinajstić information content (AvgIpc) is 2.99. The van der Waals surface area contributed by atoms with Gasteiger partial charge in [-0.1, -0.05) is 6.07 Å². The minimum Gasteiger partial charge on any atom is -0.504 e. The first-order valence-electron chi connectivity index (χ1n) is 4.78. The van der Waals surface area contributed by atoms with Gasteiger partial charge in [-0.25, -0.2) is 0 Å². The molecule has 0 saturated heterocycles. The van der Waals surface area contributed by atoms with Gasteiger partial charge in [-0.05, 0) is 37.6 Å². The van der Waals surface area contributed by atoms with Crippen LogP contribution in [0.4, 0.5) is 0 Å². The highest BCUT2D eigenvalue weighted by Gasteiger charge is 2.42. The van der Waals surface area contributed by atoms with Gasteiger partial charge in [-0.2, -0.15) is 0 Å². The van der Waals surface area contributed by atoms with Crippen molar-refractivity contribution in [3.05, 3.63) is 23.8 Å². The van der Waals surface area contributed by atoms with Crippen LogP contribution in [0.25, 0.3) is 0 Å². The topological polar surface area (TPSA) is 41.5 Å². The Bertz CT molecular complexity index is 345. The number of phenolic OH excluding ortho intramolecular Hbond substituents is 1. The number of phenols is 1. The van der Waals surface area contributed by atoms with E-state index in [0.29, 0.717) is 5.75 Å². The first kappa shape index (κ1) is 9.34. The fourth-order valence-electron chi connectivity index (χ4n) is 1.78. The van der Waals surface area contributed by atoms with Crippen LogP contribution in [0.3, 0.4) is 0 Å². The van der Waals surface area contributed by atoms with Gasteiger partial charge in [0.1, 0.15) is 0 Å². The lowest BCUT2D eigenvalue weighted by Crippen LogP contribution is -2.24. The lowest BCUT2D eigenvalue weighted by atomic mass is 10.0. The molecule has 0 atom stereocenters. The van der Waals surface area contributed by atoms with Gasteiger partial charge < -0.3 is 15.2 Å². The van der Waals surface area contributed by atoms with Crippen LogP contribution in [0.2, 0.25) is 0 Å². The van der Waals surface area contributed by atoms with Gasteiger partial charge in [0.15, 0.2) is 11.5 Å². The van der Waals surface area contributed by atoms with E-state index >= 15 is 0 Å². The maximum Gasteiger partial charge on any atom is 0.160 e. The Kier molecular flexibility index (Phi) is 2.11. The van der Waals surface area contributed by atoms with E-state index in [1.807, 2.05) is 19.2 Å². The Morgan fingerprint density at radius 3 is 2.64 bits per heavy atom. The predicted molar refractivity (Wildman–Crippen MR) is 54.6 cm³/mol. The van der Waals surface area contributed by atoms with Crippen LogP contribution in [0.1, 0.15) is 18.4 Å². The smallest absolute Gasteiger partial charge is 0.160 e. The summed E-state index contributed by atoms with van der Waals surface area (Å²) in [4.78, 5) is 0. The summed E-state index contributed by atoms with van der Waals surface area (Å²) < 4.78 is 5.08. The standard InChI is InChI=1S/C11H15NO2/c1-12-11(5-6-11)8-3-4-9(13)10(7-8)14-2/h3-4,7,12-13H,5-6H2,1-2H3. The predicted octanol–water partition coefficient (Wildman–Crippen LogP) is 1.61. The zero-order chi connectivity index (χ0) is 10.2. The molecule has 0 spiro atoms. The molecule has 3 nitrogen and oxygen atoms in total. The number of aromatic hydroxyl groups is 1. The van der Waals surface area contributed by atoms with Gasteiger partial charge in [-0.15, -0.1) is 0 Å². The molecule has 1 aliphatic rings. The first-order valence-corrected chi connectivity index (χ1v) is 4.78. The van der Waals surface area contributed by atoms with Crippen molar-refractivity contribution in [3.63, 3.8) is 0 Å². The summed E-state index contributed by atoms with van der Waals surface area (Å²) in [6.45, 7) is 0. The van der Waals surface area contributed by atoms with Crippen molar-refractivity contribution in [2.75, 3.05) is 14.2 Å². The molecule has 0 aromatic heterocycles. The quantitative estimate of drug-likeness (QED) is 0.766. The monoisotopic (exact) mass is 193 g/mol. The molecule has 1 aliphatic carbocycles. The van der Waals surface area contributed by atoms with Crippen molar-refractivity contribution in [1.29, 1.82) is 0 Å². The highest BCUT2D eigenvalue weighted by molar-refractivity contribution is 5.45. The highest BCUT2D eigenvalue weighted by Crippen LogP contribution is 2.46. The van der Waals surface area contributed by atoms with E-state index in [9.17, 15) is 5.11 Å². The molecule has 0 amide bonds. The number of benzene rings is 1. The molecule has 0 unspecified atom stereocenters. The van der Waals surface area contributed by atoms with Crippen LogP contribution in [-0.4, -0.2) is 19.3 Å². The van der Waals surface area contributed by atoms with Crippen LogP contribution < -0.4 is 10.1 Å². The molecule has 2 N–H and O–H groups in total. The number of nitrogens with one attached hydrogen (secondary N) is 1. The lowest BCUT2D eigenvalue weighted by molar-refractivity contribution is 0.372. The van der Waals surface area contributed by atoms with Crippen LogP contribution in [0.15, 0.2) is 18.2 Å². The second kappa shape index (κ2) is 3.17. The molecule has 1 saturated carbocycles. The second-order valence-corrected chi connectivity index (χ2v) is 3.72. The summed E-state index contributed by atoms with van der Waals surface area (Å²) in [6, 6.07) is 5.53. The molecule has 0 aliphatic heterocycles. The van der Waals surface area contributed by atoms with Crippen LogP contribution >= 0.6 is 0 Å². The molecule has 76 valence electrons. The molecule has 0 radical (unpaired) electrons. The largest absolute Gasteiger partial charge is 0.504 e. The third kappa shape index (κ3) is 1.34. The summed E-state index contributed by atoms with van der Waals surface area (Å²) in [5.41, 5.74) is 1.32. The third-order valence-corrected chi connectivity index (χ3v) is 2.96. The molecule has 1 aromatic rings. The molecule has 1 fully saturated rings. The van der Waals surface area contributed by atoms with Gasteiger partial charge in [-0.3, -0.25) is 0 Å². The van der Waals surface area contributed by atoms with Gasteiger partial charge in [0.25, 0.3) is 0 Å². The number of rotatable bonds is 3. The number of hydrogen-bond acceptors (Lipinski definition) is 3. The zero-order valence-electron chi connectivity index (χ0n) is 8.50. The fraction of sp³-hybridized carbons (Fsp3) is 0.455. The van der Waals surface area contributed by atoms with E-state index in [1.54, 1.807) is 13.2 Å². The summed E-state index contributed by atoms with van der Waals surface area (Å²) in [6.07, 6.45) is 2.30. The van der Waals surface area contributed by atoms with E-state index in [0.717, 1.165) is 12.8 Å². The van der Waals surface area contributed by atoms with Gasteiger partial charge >= 0.3 is 0 Å². The Hall–Kier alpha value is -1.22. The normalized spacial score (nSPS) is 17.9. The fourth-order valence-corrected chi connectivity index (χ4v) is 1.78.